The van der Waals surface area contributed by atoms with E-state index < -0.39 is 12.3 Å². The Morgan fingerprint density at radius 3 is 2.93 bits per heavy atom. The first-order valence-corrected chi connectivity index (χ1v) is 4.37. The zero-order chi connectivity index (χ0) is 10.3. The lowest BCUT2D eigenvalue weighted by molar-refractivity contribution is 0.00219. The molecule has 0 saturated carbocycles. The largest absolute Gasteiger partial charge is 0.478 e. The van der Waals surface area contributed by atoms with Crippen LogP contribution in [0.5, 0.6) is 5.75 Å². The average molecular weight is 215 g/mol. The van der Waals surface area contributed by atoms with E-state index >= 15 is 0 Å². The number of aliphatic hydroxyl groups is 1. The Balaban J connectivity index is 2.59. The first-order chi connectivity index (χ1) is 6.59. The molecule has 0 bridgehead atoms. The normalized spacial score (nSPS) is 18.9. The van der Waals surface area contributed by atoms with Crippen LogP contribution in [0.3, 0.4) is 0 Å². The van der Waals surface area contributed by atoms with E-state index in [4.69, 9.17) is 21.4 Å². The molecule has 1 heterocycles. The molecule has 2 rings (SSSR count). The van der Waals surface area contributed by atoms with E-state index in [-0.39, 0.29) is 17.7 Å². The molecule has 1 aromatic rings. The van der Waals surface area contributed by atoms with E-state index in [1.165, 1.54) is 12.1 Å². The molecule has 0 radical (unpaired) electrons. The second-order valence-corrected chi connectivity index (χ2v) is 3.39. The molecule has 5 heteroatoms. The maximum atomic E-state index is 10.8. The molecule has 1 atom stereocenters. The van der Waals surface area contributed by atoms with E-state index in [1.807, 2.05) is 0 Å². The molecular weight excluding hydrogens is 208 g/mol. The number of carboxylic acids is 1. The molecular formula is C9H7ClO4. The highest BCUT2D eigenvalue weighted by molar-refractivity contribution is 6.32. The number of halogens is 1. The van der Waals surface area contributed by atoms with Gasteiger partial charge in [-0.2, -0.15) is 0 Å². The minimum atomic E-state index is -1.05. The summed E-state index contributed by atoms with van der Waals surface area (Å²) in [5, 5.41) is 18.4. The van der Waals surface area contributed by atoms with Gasteiger partial charge in [0.25, 0.3) is 0 Å². The van der Waals surface area contributed by atoms with Crippen LogP contribution in [0.4, 0.5) is 0 Å². The number of hydrogen-bond acceptors (Lipinski definition) is 3. The van der Waals surface area contributed by atoms with Crippen molar-refractivity contribution in [3.05, 3.63) is 28.3 Å². The minimum absolute atomic E-state index is 0.126. The molecule has 1 unspecified atom stereocenters. The van der Waals surface area contributed by atoms with E-state index in [0.29, 0.717) is 10.6 Å². The van der Waals surface area contributed by atoms with Crippen LogP contribution >= 0.6 is 11.6 Å². The molecule has 0 fully saturated rings. The molecule has 74 valence electrons. The van der Waals surface area contributed by atoms with Crippen molar-refractivity contribution in [2.45, 2.75) is 12.7 Å². The Hall–Kier alpha value is -1.26. The van der Waals surface area contributed by atoms with Gasteiger partial charge < -0.3 is 14.9 Å². The maximum Gasteiger partial charge on any atom is 0.336 e. The van der Waals surface area contributed by atoms with Crippen LogP contribution in [0.1, 0.15) is 15.9 Å². The molecule has 0 amide bonds. The first kappa shape index (κ1) is 9.30. The predicted octanol–water partition coefficient (Wildman–Crippen LogP) is 1.29. The fourth-order valence-electron chi connectivity index (χ4n) is 1.48. The quantitative estimate of drug-likeness (QED) is 0.739. The van der Waals surface area contributed by atoms with Crippen LogP contribution in [0.25, 0.3) is 0 Å². The molecule has 2 N–H and O–H groups in total. The second-order valence-electron chi connectivity index (χ2n) is 2.98. The highest BCUT2D eigenvalue weighted by atomic mass is 35.5. The van der Waals surface area contributed by atoms with Gasteiger partial charge in [-0.1, -0.05) is 11.6 Å². The third-order valence-electron chi connectivity index (χ3n) is 2.08. The number of ether oxygens (including phenoxy) is 1. The molecule has 0 aliphatic carbocycles. The van der Waals surface area contributed by atoms with Crippen LogP contribution < -0.4 is 4.74 Å². The lowest BCUT2D eigenvalue weighted by atomic mass is 10.1. The van der Waals surface area contributed by atoms with Crippen molar-refractivity contribution in [3.63, 3.8) is 0 Å². The molecule has 1 aromatic carbocycles. The van der Waals surface area contributed by atoms with Crippen LogP contribution in [-0.2, 0) is 6.42 Å². The monoisotopic (exact) mass is 214 g/mol. The number of fused-ring (bicyclic) bond motifs is 1. The van der Waals surface area contributed by atoms with E-state index in [1.54, 1.807) is 0 Å². The SMILES string of the molecule is O=C(O)c1ccc(Cl)c2c1CC(O)O2. The molecule has 14 heavy (non-hydrogen) atoms. The Morgan fingerprint density at radius 2 is 2.29 bits per heavy atom. The summed E-state index contributed by atoms with van der Waals surface area (Å²) in [5.74, 6) is -0.769. The van der Waals surface area contributed by atoms with E-state index in [9.17, 15) is 9.90 Å². The number of carbonyl (C=O) groups is 1. The predicted molar refractivity (Wildman–Crippen MR) is 48.8 cm³/mol. The van der Waals surface area contributed by atoms with Gasteiger partial charge in [0.2, 0.25) is 6.29 Å². The van der Waals surface area contributed by atoms with E-state index in [2.05, 4.69) is 0 Å². The van der Waals surface area contributed by atoms with Crippen LogP contribution in [0, 0.1) is 0 Å². The Bertz CT molecular complexity index is 402. The van der Waals surface area contributed by atoms with Gasteiger partial charge in [0.1, 0.15) is 5.75 Å². The fraction of sp³-hybridized carbons (Fsp3) is 0.222. The zero-order valence-corrected chi connectivity index (χ0v) is 7.78. The second kappa shape index (κ2) is 3.15. The van der Waals surface area contributed by atoms with Gasteiger partial charge in [-0.3, -0.25) is 0 Å². The Morgan fingerprint density at radius 1 is 1.57 bits per heavy atom. The van der Waals surface area contributed by atoms with Crippen molar-refractivity contribution in [1.82, 2.24) is 0 Å². The molecule has 1 aliphatic rings. The third-order valence-corrected chi connectivity index (χ3v) is 2.37. The lowest BCUT2D eigenvalue weighted by Crippen LogP contribution is -2.10. The number of aromatic carboxylic acids is 1. The third kappa shape index (κ3) is 1.32. The molecule has 0 saturated heterocycles. The van der Waals surface area contributed by atoms with Gasteiger partial charge in [-0.15, -0.1) is 0 Å². The van der Waals surface area contributed by atoms with Crippen molar-refractivity contribution in [3.8, 4) is 5.75 Å². The Kier molecular flexibility index (Phi) is 2.09. The highest BCUT2D eigenvalue weighted by Crippen LogP contribution is 2.37. The highest BCUT2D eigenvalue weighted by Gasteiger charge is 2.28. The van der Waals surface area contributed by atoms with Gasteiger partial charge in [0.05, 0.1) is 10.6 Å². The van der Waals surface area contributed by atoms with Crippen molar-refractivity contribution in [2.75, 3.05) is 0 Å². The summed E-state index contributed by atoms with van der Waals surface area (Å²) in [6.45, 7) is 0. The summed E-state index contributed by atoms with van der Waals surface area (Å²) >= 11 is 5.78. The molecule has 1 aliphatic heterocycles. The zero-order valence-electron chi connectivity index (χ0n) is 7.03. The topological polar surface area (TPSA) is 66.8 Å². The summed E-state index contributed by atoms with van der Waals surface area (Å²) in [4.78, 5) is 10.8. The average Bonchev–Trinajstić information content (AvgIpc) is 2.47. The number of benzene rings is 1. The van der Waals surface area contributed by atoms with Crippen molar-refractivity contribution < 1.29 is 19.7 Å². The molecule has 0 aromatic heterocycles. The van der Waals surface area contributed by atoms with Gasteiger partial charge in [0, 0.05) is 12.0 Å². The van der Waals surface area contributed by atoms with Crippen LogP contribution in [0.15, 0.2) is 12.1 Å². The van der Waals surface area contributed by atoms with Crippen molar-refractivity contribution >= 4 is 17.6 Å². The summed E-state index contributed by atoms with van der Waals surface area (Å²) in [6, 6.07) is 2.85. The number of aliphatic hydroxyl groups excluding tert-OH is 1. The number of carboxylic acid groups (broad SMARTS) is 1. The fourth-order valence-corrected chi connectivity index (χ4v) is 1.70. The van der Waals surface area contributed by atoms with Crippen LogP contribution in [0.2, 0.25) is 5.02 Å². The maximum absolute atomic E-state index is 10.8. The molecule has 0 spiro atoms. The summed E-state index contributed by atoms with van der Waals surface area (Å²) in [5.41, 5.74) is 0.582. The van der Waals surface area contributed by atoms with Gasteiger partial charge >= 0.3 is 5.97 Å². The molecule has 4 nitrogen and oxygen atoms in total. The van der Waals surface area contributed by atoms with Gasteiger partial charge in [0.15, 0.2) is 0 Å². The minimum Gasteiger partial charge on any atom is -0.478 e. The number of rotatable bonds is 1. The summed E-state index contributed by atoms with van der Waals surface area (Å²) < 4.78 is 4.99. The van der Waals surface area contributed by atoms with E-state index in [0.717, 1.165) is 0 Å². The van der Waals surface area contributed by atoms with Crippen molar-refractivity contribution in [1.29, 1.82) is 0 Å². The first-order valence-electron chi connectivity index (χ1n) is 3.99. The smallest absolute Gasteiger partial charge is 0.336 e. The summed E-state index contributed by atoms with van der Waals surface area (Å²) in [6.07, 6.45) is -0.833. The Labute approximate surface area is 84.7 Å². The lowest BCUT2D eigenvalue weighted by Gasteiger charge is -2.04. The summed E-state index contributed by atoms with van der Waals surface area (Å²) in [7, 11) is 0. The van der Waals surface area contributed by atoms with Crippen molar-refractivity contribution in [2.24, 2.45) is 0 Å². The van der Waals surface area contributed by atoms with Gasteiger partial charge in [-0.05, 0) is 12.1 Å². The number of hydrogen-bond donors (Lipinski definition) is 2. The standard InChI is InChI=1S/C9H7ClO4/c10-6-2-1-4(9(12)13)5-3-7(11)14-8(5)6/h1-2,7,11H,3H2,(H,12,13). The van der Waals surface area contributed by atoms with Crippen LogP contribution in [-0.4, -0.2) is 22.5 Å². The van der Waals surface area contributed by atoms with Gasteiger partial charge in [-0.25, -0.2) is 4.79 Å².